The van der Waals surface area contributed by atoms with Gasteiger partial charge in [-0.25, -0.2) is 9.78 Å². The summed E-state index contributed by atoms with van der Waals surface area (Å²) < 4.78 is 81.2. The Hall–Kier alpha value is -4.03. The van der Waals surface area contributed by atoms with Gasteiger partial charge in [0, 0.05) is 34.3 Å². The normalized spacial score (nSPS) is 13.1. The standard InChI is InChI=1S/C21H14F6N4O3/c22-20(23,24)7-28-10-1-3-12-14(5-10)34-15-6-11(29-8-21(25,26)27)2-4-13(15)16(12)17-18(19(32)33)31-9-30-17/h1-6,9,28H,7-8H2,(H,30,31)(H,32,33). The Balaban J connectivity index is 1.95. The fourth-order valence-corrected chi connectivity index (χ4v) is 3.37. The van der Waals surface area contributed by atoms with Gasteiger partial charge in [0.25, 0.3) is 0 Å². The lowest BCUT2D eigenvalue weighted by molar-refractivity contribution is -0.118. The molecule has 0 saturated heterocycles. The summed E-state index contributed by atoms with van der Waals surface area (Å²) in [4.78, 5) is 21.7. The number of carboxylic acids is 1. The van der Waals surface area contributed by atoms with E-state index in [-0.39, 0.29) is 39.3 Å². The zero-order valence-electron chi connectivity index (χ0n) is 16.9. The zero-order valence-corrected chi connectivity index (χ0v) is 16.9. The number of aromatic carboxylic acids is 1. The SMILES string of the molecule is O=C(O)c1[nH]cnc1-c1c2ccc(=NCC(F)(F)F)cc-2oc2cc(NCC(F)(F)F)ccc12. The fraction of sp³-hybridized carbons (Fsp3) is 0.190. The number of benzene rings is 2. The molecule has 0 amide bonds. The van der Waals surface area contributed by atoms with E-state index in [1.807, 2.05) is 0 Å². The lowest BCUT2D eigenvalue weighted by Gasteiger charge is -2.16. The van der Waals surface area contributed by atoms with E-state index < -0.39 is 31.4 Å². The molecule has 2 aliphatic rings. The molecule has 1 aromatic carbocycles. The first-order valence-electron chi connectivity index (χ1n) is 9.57. The van der Waals surface area contributed by atoms with E-state index in [4.69, 9.17) is 4.42 Å². The first kappa shape index (κ1) is 23.1. The molecule has 34 heavy (non-hydrogen) atoms. The maximum atomic E-state index is 12.6. The van der Waals surface area contributed by atoms with Gasteiger partial charge in [0.2, 0.25) is 0 Å². The Kier molecular flexibility index (Phi) is 5.71. The Morgan fingerprint density at radius 1 is 1.09 bits per heavy atom. The van der Waals surface area contributed by atoms with Crippen LogP contribution in [0.25, 0.3) is 33.6 Å². The first-order valence-corrected chi connectivity index (χ1v) is 9.57. The molecule has 1 aliphatic heterocycles. The highest BCUT2D eigenvalue weighted by molar-refractivity contribution is 6.06. The van der Waals surface area contributed by atoms with Crippen LogP contribution in [-0.2, 0) is 0 Å². The van der Waals surface area contributed by atoms with Crippen LogP contribution >= 0.6 is 0 Å². The number of hydrogen-bond acceptors (Lipinski definition) is 5. The van der Waals surface area contributed by atoms with Crippen molar-refractivity contribution in [2.24, 2.45) is 4.99 Å². The van der Waals surface area contributed by atoms with E-state index in [0.29, 0.717) is 10.9 Å². The van der Waals surface area contributed by atoms with E-state index in [2.05, 4.69) is 20.3 Å². The molecular formula is C21H14F6N4O3. The number of aromatic amines is 1. The second-order valence-electron chi connectivity index (χ2n) is 7.20. The van der Waals surface area contributed by atoms with Gasteiger partial charge in [0.1, 0.15) is 30.1 Å². The third-order valence-corrected chi connectivity index (χ3v) is 4.73. The van der Waals surface area contributed by atoms with Crippen LogP contribution in [0.1, 0.15) is 10.5 Å². The summed E-state index contributed by atoms with van der Waals surface area (Å²) in [6.45, 7) is -2.73. The number of halogens is 6. The van der Waals surface area contributed by atoms with Gasteiger partial charge in [-0.1, -0.05) is 0 Å². The summed E-state index contributed by atoms with van der Waals surface area (Å²) in [5.41, 5.74) is 0.496. The molecule has 178 valence electrons. The van der Waals surface area contributed by atoms with Crippen LogP contribution in [0, 0.1) is 0 Å². The number of aromatic nitrogens is 2. The summed E-state index contributed by atoms with van der Waals surface area (Å²) in [6, 6.07) is 8.03. The highest BCUT2D eigenvalue weighted by Gasteiger charge is 2.28. The molecule has 2 heterocycles. The van der Waals surface area contributed by atoms with Crippen molar-refractivity contribution in [2.75, 3.05) is 18.4 Å². The summed E-state index contributed by atoms with van der Waals surface area (Å²) in [6.07, 6.45) is -7.83. The fourth-order valence-electron chi connectivity index (χ4n) is 3.37. The van der Waals surface area contributed by atoms with Crippen molar-refractivity contribution in [3.8, 4) is 22.6 Å². The van der Waals surface area contributed by atoms with Crippen molar-refractivity contribution < 1.29 is 40.7 Å². The number of nitrogens with zero attached hydrogens (tertiary/aromatic N) is 2. The average Bonchev–Trinajstić information content (AvgIpc) is 3.23. The molecule has 0 radical (unpaired) electrons. The van der Waals surface area contributed by atoms with Crippen LogP contribution in [-0.4, -0.2) is 46.5 Å². The molecule has 3 N–H and O–H groups in total. The highest BCUT2D eigenvalue weighted by Crippen LogP contribution is 2.40. The largest absolute Gasteiger partial charge is 0.477 e. The summed E-state index contributed by atoms with van der Waals surface area (Å²) in [5, 5.41) is 12.0. The third-order valence-electron chi connectivity index (χ3n) is 4.73. The van der Waals surface area contributed by atoms with Gasteiger partial charge in [-0.15, -0.1) is 0 Å². The number of rotatable bonds is 5. The van der Waals surface area contributed by atoms with Crippen LogP contribution in [0.5, 0.6) is 0 Å². The number of hydrogen-bond donors (Lipinski definition) is 3. The summed E-state index contributed by atoms with van der Waals surface area (Å²) in [7, 11) is 0. The minimum atomic E-state index is -4.52. The molecule has 7 nitrogen and oxygen atoms in total. The van der Waals surface area contributed by atoms with Gasteiger partial charge in [-0.3, -0.25) is 4.99 Å². The Labute approximate surface area is 186 Å². The van der Waals surface area contributed by atoms with E-state index >= 15 is 0 Å². The molecule has 0 unspecified atom stereocenters. The molecule has 0 spiro atoms. The van der Waals surface area contributed by atoms with Crippen LogP contribution in [0.3, 0.4) is 0 Å². The van der Waals surface area contributed by atoms with Crippen molar-refractivity contribution in [2.45, 2.75) is 12.4 Å². The van der Waals surface area contributed by atoms with E-state index in [9.17, 15) is 36.2 Å². The molecule has 0 saturated carbocycles. The van der Waals surface area contributed by atoms with Gasteiger partial charge in [-0.2, -0.15) is 26.3 Å². The lowest BCUT2D eigenvalue weighted by Crippen LogP contribution is -2.21. The quantitative estimate of drug-likeness (QED) is 0.271. The summed E-state index contributed by atoms with van der Waals surface area (Å²) in [5.74, 6) is -1.27. The van der Waals surface area contributed by atoms with Crippen molar-refractivity contribution in [1.82, 2.24) is 9.97 Å². The van der Waals surface area contributed by atoms with Crippen LogP contribution in [0.15, 0.2) is 52.1 Å². The molecule has 2 aromatic rings. The second-order valence-corrected chi connectivity index (χ2v) is 7.20. The zero-order chi connectivity index (χ0) is 24.7. The monoisotopic (exact) mass is 484 g/mol. The van der Waals surface area contributed by atoms with Gasteiger partial charge >= 0.3 is 18.3 Å². The maximum absolute atomic E-state index is 12.6. The van der Waals surface area contributed by atoms with Crippen LogP contribution < -0.4 is 10.7 Å². The number of H-pyrrole nitrogens is 1. The number of alkyl halides is 6. The Bertz CT molecular complexity index is 1400. The van der Waals surface area contributed by atoms with Crippen LogP contribution in [0.2, 0.25) is 0 Å². The maximum Gasteiger partial charge on any atom is 0.407 e. The van der Waals surface area contributed by atoms with Crippen LogP contribution in [0.4, 0.5) is 32.0 Å². The van der Waals surface area contributed by atoms with Crippen molar-refractivity contribution in [3.63, 3.8) is 0 Å². The molecular weight excluding hydrogens is 470 g/mol. The predicted octanol–water partition coefficient (Wildman–Crippen LogP) is 5.06. The van der Waals surface area contributed by atoms with Gasteiger partial charge < -0.3 is 19.8 Å². The number of fused-ring (bicyclic) bond motifs is 2. The molecule has 0 atom stereocenters. The minimum Gasteiger partial charge on any atom is -0.477 e. The summed E-state index contributed by atoms with van der Waals surface area (Å²) >= 11 is 0. The molecule has 1 aliphatic carbocycles. The smallest absolute Gasteiger partial charge is 0.407 e. The Morgan fingerprint density at radius 3 is 2.53 bits per heavy atom. The van der Waals surface area contributed by atoms with E-state index in [1.165, 1.54) is 36.4 Å². The number of anilines is 1. The molecule has 13 heteroatoms. The topological polar surface area (TPSA) is 104 Å². The predicted molar refractivity (Wildman–Crippen MR) is 108 cm³/mol. The first-order chi connectivity index (χ1) is 15.9. The molecule has 0 fully saturated rings. The number of carbonyl (C=O) groups is 1. The van der Waals surface area contributed by atoms with E-state index in [0.717, 1.165) is 6.33 Å². The third kappa shape index (κ3) is 4.97. The molecule has 4 rings (SSSR count). The van der Waals surface area contributed by atoms with E-state index in [1.54, 1.807) is 0 Å². The minimum absolute atomic E-state index is 0.0225. The Morgan fingerprint density at radius 2 is 1.85 bits per heavy atom. The van der Waals surface area contributed by atoms with Crippen molar-refractivity contribution in [1.29, 1.82) is 0 Å². The number of nitrogens with one attached hydrogen (secondary N) is 2. The number of carboxylic acid groups (broad SMARTS) is 1. The average molecular weight is 484 g/mol. The van der Waals surface area contributed by atoms with Gasteiger partial charge in [-0.05, 0) is 24.3 Å². The van der Waals surface area contributed by atoms with Crippen molar-refractivity contribution >= 4 is 22.6 Å². The van der Waals surface area contributed by atoms with Gasteiger partial charge in [0.15, 0.2) is 5.69 Å². The molecule has 1 aromatic heterocycles. The van der Waals surface area contributed by atoms with Crippen molar-refractivity contribution in [3.05, 3.63) is 53.8 Å². The highest BCUT2D eigenvalue weighted by atomic mass is 19.4. The van der Waals surface area contributed by atoms with Gasteiger partial charge in [0.05, 0.1) is 11.7 Å². The second kappa shape index (κ2) is 8.39. The number of imidazole rings is 1. The molecule has 0 bridgehead atoms. The lowest BCUT2D eigenvalue weighted by atomic mass is 9.96.